The molecule has 0 saturated heterocycles. The predicted molar refractivity (Wildman–Crippen MR) is 84.2 cm³/mol. The van der Waals surface area contributed by atoms with Crippen molar-refractivity contribution < 1.29 is 4.79 Å². The van der Waals surface area contributed by atoms with E-state index < -0.39 is 5.54 Å². The summed E-state index contributed by atoms with van der Waals surface area (Å²) in [6.07, 6.45) is 0. The van der Waals surface area contributed by atoms with Crippen LogP contribution in [0.15, 0.2) is 22.7 Å². The number of benzene rings is 1. The normalized spacial score (nSPS) is 11.4. The van der Waals surface area contributed by atoms with Gasteiger partial charge in [-0.05, 0) is 47.7 Å². The van der Waals surface area contributed by atoms with Gasteiger partial charge in [-0.3, -0.25) is 4.79 Å². The van der Waals surface area contributed by atoms with Crippen LogP contribution in [0.2, 0.25) is 0 Å². The van der Waals surface area contributed by atoms with Gasteiger partial charge in [-0.15, -0.1) is 23.2 Å². The highest BCUT2D eigenvalue weighted by Crippen LogP contribution is 2.19. The molecule has 0 fully saturated rings. The van der Waals surface area contributed by atoms with Crippen molar-refractivity contribution in [2.75, 3.05) is 11.8 Å². The number of hydrogen-bond acceptors (Lipinski definition) is 1. The lowest BCUT2D eigenvalue weighted by atomic mass is 10.1. The monoisotopic (exact) mass is 449 g/mol. The first kappa shape index (κ1) is 15.5. The number of amides is 1. The molecule has 0 aliphatic carbocycles. The third-order valence-corrected chi connectivity index (χ3v) is 4.79. The van der Waals surface area contributed by atoms with Crippen molar-refractivity contribution in [1.29, 1.82) is 0 Å². The Labute approximate surface area is 133 Å². The van der Waals surface area contributed by atoms with Gasteiger partial charge in [-0.1, -0.05) is 15.9 Å². The third kappa shape index (κ3) is 4.26. The van der Waals surface area contributed by atoms with Crippen molar-refractivity contribution in [3.05, 3.63) is 31.8 Å². The van der Waals surface area contributed by atoms with Crippen LogP contribution in [0.4, 0.5) is 0 Å². The summed E-state index contributed by atoms with van der Waals surface area (Å²) >= 11 is 17.1. The molecule has 94 valence electrons. The summed E-state index contributed by atoms with van der Waals surface area (Å²) in [7, 11) is 0. The van der Waals surface area contributed by atoms with E-state index in [4.69, 9.17) is 23.2 Å². The first-order valence-corrected chi connectivity index (χ1v) is 7.75. The molecule has 1 rings (SSSR count). The molecule has 1 N–H and O–H groups in total. The Hall–Kier alpha value is 0.480. The Morgan fingerprint density at radius 1 is 1.47 bits per heavy atom. The zero-order valence-corrected chi connectivity index (χ0v) is 14.3. The molecule has 0 heterocycles. The zero-order chi connectivity index (χ0) is 13.1. The lowest BCUT2D eigenvalue weighted by Crippen LogP contribution is -2.49. The van der Waals surface area contributed by atoms with Gasteiger partial charge in [0, 0.05) is 19.8 Å². The van der Waals surface area contributed by atoms with Gasteiger partial charge in [0.1, 0.15) is 0 Å². The van der Waals surface area contributed by atoms with Gasteiger partial charge in [0.15, 0.2) is 0 Å². The smallest absolute Gasteiger partial charge is 0.252 e. The van der Waals surface area contributed by atoms with E-state index in [9.17, 15) is 4.79 Å². The van der Waals surface area contributed by atoms with Crippen molar-refractivity contribution in [3.8, 4) is 0 Å². The summed E-state index contributed by atoms with van der Waals surface area (Å²) in [5.74, 6) is 0.374. The van der Waals surface area contributed by atoms with Crippen LogP contribution in [0.1, 0.15) is 17.3 Å². The van der Waals surface area contributed by atoms with E-state index in [1.165, 1.54) is 0 Å². The molecule has 0 bridgehead atoms. The SMILES string of the molecule is CC(CCl)(CCl)NC(=O)c1cc(Br)ccc1I. The van der Waals surface area contributed by atoms with E-state index in [1.807, 2.05) is 19.1 Å². The van der Waals surface area contributed by atoms with Gasteiger partial charge in [0.2, 0.25) is 0 Å². The van der Waals surface area contributed by atoms with Gasteiger partial charge in [0.05, 0.1) is 11.1 Å². The first-order valence-electron chi connectivity index (χ1n) is 4.81. The summed E-state index contributed by atoms with van der Waals surface area (Å²) in [6.45, 7) is 1.82. The minimum Gasteiger partial charge on any atom is -0.344 e. The van der Waals surface area contributed by atoms with Crippen molar-refractivity contribution in [2.24, 2.45) is 0 Å². The molecule has 0 unspecified atom stereocenters. The molecule has 0 atom stereocenters. The van der Waals surface area contributed by atoms with Crippen LogP contribution >= 0.6 is 61.7 Å². The standard InChI is InChI=1S/C11H11BrCl2INO/c1-11(5-13,6-14)16-10(17)8-4-7(12)2-3-9(8)15/h2-4H,5-6H2,1H3,(H,16,17). The number of alkyl halides is 2. The van der Waals surface area contributed by atoms with E-state index >= 15 is 0 Å². The van der Waals surface area contributed by atoms with Crippen LogP contribution < -0.4 is 5.32 Å². The second-order valence-corrected chi connectivity index (χ2v) is 6.52. The molecular weight excluding hydrogens is 440 g/mol. The number of hydrogen-bond donors (Lipinski definition) is 1. The fourth-order valence-corrected chi connectivity index (χ4v) is 2.48. The fourth-order valence-electron chi connectivity index (χ4n) is 1.12. The van der Waals surface area contributed by atoms with E-state index in [-0.39, 0.29) is 17.7 Å². The van der Waals surface area contributed by atoms with Gasteiger partial charge < -0.3 is 5.32 Å². The minimum absolute atomic E-state index is 0.167. The van der Waals surface area contributed by atoms with Gasteiger partial charge in [-0.2, -0.15) is 0 Å². The van der Waals surface area contributed by atoms with Crippen LogP contribution in [-0.2, 0) is 0 Å². The number of carbonyl (C=O) groups excluding carboxylic acids is 1. The lowest BCUT2D eigenvalue weighted by Gasteiger charge is -2.26. The number of rotatable bonds is 4. The summed E-state index contributed by atoms with van der Waals surface area (Å²) in [6, 6.07) is 5.54. The highest BCUT2D eigenvalue weighted by Gasteiger charge is 2.25. The quantitative estimate of drug-likeness (QED) is 0.545. The molecule has 17 heavy (non-hydrogen) atoms. The van der Waals surface area contributed by atoms with Crippen molar-refractivity contribution in [2.45, 2.75) is 12.5 Å². The molecule has 6 heteroatoms. The molecule has 0 saturated carbocycles. The maximum absolute atomic E-state index is 12.1. The predicted octanol–water partition coefficient (Wildman–Crippen LogP) is 4.02. The second-order valence-electron chi connectivity index (χ2n) is 3.91. The molecule has 0 radical (unpaired) electrons. The van der Waals surface area contributed by atoms with Crippen molar-refractivity contribution in [1.82, 2.24) is 5.32 Å². The van der Waals surface area contributed by atoms with Gasteiger partial charge >= 0.3 is 0 Å². The van der Waals surface area contributed by atoms with E-state index in [1.54, 1.807) is 6.07 Å². The highest BCUT2D eigenvalue weighted by molar-refractivity contribution is 14.1. The molecule has 0 aliphatic heterocycles. The van der Waals surface area contributed by atoms with Crippen LogP contribution in [0, 0.1) is 3.57 Å². The van der Waals surface area contributed by atoms with Gasteiger partial charge in [0.25, 0.3) is 5.91 Å². The van der Waals surface area contributed by atoms with Crippen LogP contribution in [0.3, 0.4) is 0 Å². The fraction of sp³-hybridized carbons (Fsp3) is 0.364. The van der Waals surface area contributed by atoms with Crippen molar-refractivity contribution >= 4 is 67.6 Å². The molecule has 2 nitrogen and oxygen atoms in total. The van der Waals surface area contributed by atoms with Crippen LogP contribution in [0.25, 0.3) is 0 Å². The number of carbonyl (C=O) groups is 1. The maximum Gasteiger partial charge on any atom is 0.252 e. The summed E-state index contributed by atoms with van der Waals surface area (Å²) in [5, 5.41) is 2.85. The Balaban J connectivity index is 2.94. The molecule has 0 aliphatic rings. The minimum atomic E-state index is -0.592. The lowest BCUT2D eigenvalue weighted by molar-refractivity contribution is 0.0920. The highest BCUT2D eigenvalue weighted by atomic mass is 127. The van der Waals surface area contributed by atoms with Crippen molar-refractivity contribution in [3.63, 3.8) is 0 Å². The largest absolute Gasteiger partial charge is 0.344 e. The average molecular weight is 451 g/mol. The summed E-state index contributed by atoms with van der Waals surface area (Å²) < 4.78 is 1.75. The Morgan fingerprint density at radius 3 is 2.59 bits per heavy atom. The summed E-state index contributed by atoms with van der Waals surface area (Å²) in [5.41, 5.74) is 0.0208. The summed E-state index contributed by atoms with van der Waals surface area (Å²) in [4.78, 5) is 12.1. The molecule has 1 aromatic carbocycles. The molecule has 0 aromatic heterocycles. The third-order valence-electron chi connectivity index (χ3n) is 2.18. The van der Waals surface area contributed by atoms with E-state index in [2.05, 4.69) is 43.8 Å². The Morgan fingerprint density at radius 2 is 2.06 bits per heavy atom. The topological polar surface area (TPSA) is 29.1 Å². The van der Waals surface area contributed by atoms with Crippen LogP contribution in [-0.4, -0.2) is 23.2 Å². The van der Waals surface area contributed by atoms with E-state index in [0.717, 1.165) is 8.04 Å². The van der Waals surface area contributed by atoms with Crippen LogP contribution in [0.5, 0.6) is 0 Å². The number of nitrogens with one attached hydrogen (secondary N) is 1. The molecule has 1 amide bonds. The number of halogens is 4. The molecular formula is C11H11BrCl2INO. The zero-order valence-electron chi connectivity index (χ0n) is 9.07. The maximum atomic E-state index is 12.1. The molecule has 0 spiro atoms. The Kier molecular flexibility index (Phi) is 6.02. The Bertz CT molecular complexity index is 424. The van der Waals surface area contributed by atoms with Gasteiger partial charge in [-0.25, -0.2) is 0 Å². The first-order chi connectivity index (χ1) is 7.91. The average Bonchev–Trinajstić information content (AvgIpc) is 2.32. The molecule has 1 aromatic rings. The second kappa shape index (κ2) is 6.59. The van der Waals surface area contributed by atoms with E-state index in [0.29, 0.717) is 5.56 Å².